The van der Waals surface area contributed by atoms with Gasteiger partial charge in [-0.25, -0.2) is 9.97 Å². The number of aromatic nitrogens is 2. The fraction of sp³-hybridized carbons (Fsp3) is 0.353. The molecule has 6 heteroatoms. The lowest BCUT2D eigenvalue weighted by Crippen LogP contribution is -2.52. The van der Waals surface area contributed by atoms with Gasteiger partial charge >= 0.3 is 0 Å². The number of anilines is 1. The Kier molecular flexibility index (Phi) is 5.03. The molecule has 0 aliphatic carbocycles. The van der Waals surface area contributed by atoms with E-state index in [0.717, 1.165) is 44.6 Å². The van der Waals surface area contributed by atoms with Crippen molar-refractivity contribution in [3.63, 3.8) is 0 Å². The van der Waals surface area contributed by atoms with Gasteiger partial charge in [0.1, 0.15) is 0 Å². The van der Waals surface area contributed by atoms with Gasteiger partial charge in [-0.15, -0.1) is 0 Å². The van der Waals surface area contributed by atoms with E-state index in [4.69, 9.17) is 0 Å². The first kappa shape index (κ1) is 15.3. The van der Waals surface area contributed by atoms with Crippen LogP contribution >= 0.6 is 0 Å². The van der Waals surface area contributed by atoms with E-state index in [9.17, 15) is 0 Å². The van der Waals surface area contributed by atoms with Gasteiger partial charge in [-0.05, 0) is 11.6 Å². The number of rotatable bonds is 3. The Morgan fingerprint density at radius 1 is 1.04 bits per heavy atom. The summed E-state index contributed by atoms with van der Waals surface area (Å²) in [5, 5.41) is 3.44. The third-order valence-electron chi connectivity index (χ3n) is 3.92. The average molecular weight is 310 g/mol. The molecule has 2 aromatic rings. The van der Waals surface area contributed by atoms with Crippen LogP contribution in [-0.4, -0.2) is 54.1 Å². The molecule has 1 aliphatic rings. The molecular weight excluding hydrogens is 288 g/mol. The Morgan fingerprint density at radius 3 is 2.39 bits per heavy atom. The second-order valence-corrected chi connectivity index (χ2v) is 5.41. The van der Waals surface area contributed by atoms with Crippen LogP contribution in [-0.2, 0) is 6.54 Å². The van der Waals surface area contributed by atoms with Crippen LogP contribution in [0.2, 0.25) is 0 Å². The van der Waals surface area contributed by atoms with Gasteiger partial charge in [-0.2, -0.15) is 0 Å². The van der Waals surface area contributed by atoms with Crippen LogP contribution in [0.5, 0.6) is 0 Å². The standard InChI is InChI=1S/C17H22N6/c1-18-16(21-14-15-6-3-2-4-7-15)22-10-12-23(13-11-22)17-19-8-5-9-20-17/h2-9H,10-14H2,1H3,(H,18,21). The molecule has 1 aromatic heterocycles. The van der Waals surface area contributed by atoms with Crippen molar-refractivity contribution in [3.8, 4) is 0 Å². The molecule has 0 atom stereocenters. The third kappa shape index (κ3) is 3.97. The maximum Gasteiger partial charge on any atom is 0.225 e. The fourth-order valence-electron chi connectivity index (χ4n) is 2.68. The summed E-state index contributed by atoms with van der Waals surface area (Å²) in [6.07, 6.45) is 3.57. The Balaban J connectivity index is 1.53. The predicted molar refractivity (Wildman–Crippen MR) is 92.5 cm³/mol. The highest BCUT2D eigenvalue weighted by atomic mass is 15.4. The van der Waals surface area contributed by atoms with E-state index in [0.29, 0.717) is 0 Å². The van der Waals surface area contributed by atoms with Crippen LogP contribution in [0.25, 0.3) is 0 Å². The molecule has 0 radical (unpaired) electrons. The first-order chi connectivity index (χ1) is 11.4. The van der Waals surface area contributed by atoms with E-state index in [1.165, 1.54) is 5.56 Å². The lowest BCUT2D eigenvalue weighted by molar-refractivity contribution is 0.370. The zero-order valence-electron chi connectivity index (χ0n) is 13.4. The molecule has 23 heavy (non-hydrogen) atoms. The normalized spacial score (nSPS) is 15.6. The van der Waals surface area contributed by atoms with Crippen LogP contribution < -0.4 is 10.2 Å². The third-order valence-corrected chi connectivity index (χ3v) is 3.92. The van der Waals surface area contributed by atoms with Crippen molar-refractivity contribution in [2.24, 2.45) is 4.99 Å². The van der Waals surface area contributed by atoms with E-state index in [-0.39, 0.29) is 0 Å². The van der Waals surface area contributed by atoms with Gasteiger partial charge in [-0.1, -0.05) is 30.3 Å². The van der Waals surface area contributed by atoms with Crippen LogP contribution in [0.15, 0.2) is 53.8 Å². The zero-order valence-corrected chi connectivity index (χ0v) is 13.4. The molecule has 0 amide bonds. The number of hydrogen-bond acceptors (Lipinski definition) is 4. The summed E-state index contributed by atoms with van der Waals surface area (Å²) in [5.74, 6) is 1.75. The monoisotopic (exact) mass is 310 g/mol. The molecule has 0 bridgehead atoms. The van der Waals surface area contributed by atoms with Crippen molar-refractivity contribution < 1.29 is 0 Å². The Morgan fingerprint density at radius 2 is 1.74 bits per heavy atom. The number of nitrogens with one attached hydrogen (secondary N) is 1. The molecule has 0 unspecified atom stereocenters. The van der Waals surface area contributed by atoms with Crippen LogP contribution in [0.3, 0.4) is 0 Å². The molecule has 1 N–H and O–H groups in total. The summed E-state index contributed by atoms with van der Waals surface area (Å²) in [4.78, 5) is 17.5. The van der Waals surface area contributed by atoms with Gasteiger partial charge in [0.05, 0.1) is 0 Å². The number of hydrogen-bond donors (Lipinski definition) is 1. The summed E-state index contributed by atoms with van der Waals surface area (Å²) in [6.45, 7) is 4.40. The Hall–Kier alpha value is -2.63. The molecule has 1 fully saturated rings. The Bertz CT molecular complexity index is 620. The lowest BCUT2D eigenvalue weighted by atomic mass is 10.2. The fourth-order valence-corrected chi connectivity index (χ4v) is 2.68. The topological polar surface area (TPSA) is 56.7 Å². The maximum atomic E-state index is 4.41. The van der Waals surface area contributed by atoms with Gasteiger partial charge in [0.15, 0.2) is 5.96 Å². The second kappa shape index (κ2) is 7.58. The number of guanidine groups is 1. The molecule has 1 aromatic carbocycles. The van der Waals surface area contributed by atoms with Gasteiger partial charge in [-0.3, -0.25) is 4.99 Å². The second-order valence-electron chi connectivity index (χ2n) is 5.41. The molecule has 0 spiro atoms. The SMILES string of the molecule is CN=C(NCc1ccccc1)N1CCN(c2ncccn2)CC1. The van der Waals surface area contributed by atoms with E-state index in [1.54, 1.807) is 12.4 Å². The summed E-state index contributed by atoms with van der Waals surface area (Å²) < 4.78 is 0. The van der Waals surface area contributed by atoms with E-state index >= 15 is 0 Å². The first-order valence-corrected chi connectivity index (χ1v) is 7.88. The van der Waals surface area contributed by atoms with Crippen molar-refractivity contribution in [2.45, 2.75) is 6.54 Å². The van der Waals surface area contributed by atoms with Gasteiger partial charge in [0.2, 0.25) is 5.95 Å². The van der Waals surface area contributed by atoms with Crippen LogP contribution in [0, 0.1) is 0 Å². The van der Waals surface area contributed by atoms with Gasteiger partial charge < -0.3 is 15.1 Å². The number of aliphatic imine (C=N–C) groups is 1. The molecule has 120 valence electrons. The molecule has 1 aliphatic heterocycles. The smallest absolute Gasteiger partial charge is 0.225 e. The maximum absolute atomic E-state index is 4.41. The van der Waals surface area contributed by atoms with Crippen molar-refractivity contribution in [1.82, 2.24) is 20.2 Å². The van der Waals surface area contributed by atoms with Crippen LogP contribution in [0.1, 0.15) is 5.56 Å². The summed E-state index contributed by atoms with van der Waals surface area (Å²) in [5.41, 5.74) is 1.25. The van der Waals surface area contributed by atoms with E-state index < -0.39 is 0 Å². The lowest BCUT2D eigenvalue weighted by Gasteiger charge is -2.36. The highest BCUT2D eigenvalue weighted by molar-refractivity contribution is 5.80. The minimum absolute atomic E-state index is 0.787. The van der Waals surface area contributed by atoms with E-state index in [1.807, 2.05) is 19.2 Å². The number of nitrogens with zero attached hydrogens (tertiary/aromatic N) is 5. The minimum Gasteiger partial charge on any atom is -0.352 e. The largest absolute Gasteiger partial charge is 0.352 e. The molecule has 1 saturated heterocycles. The number of piperazine rings is 1. The molecule has 2 heterocycles. The first-order valence-electron chi connectivity index (χ1n) is 7.88. The predicted octanol–water partition coefficient (Wildman–Crippen LogP) is 1.37. The van der Waals surface area contributed by atoms with Gasteiger partial charge in [0.25, 0.3) is 0 Å². The van der Waals surface area contributed by atoms with Crippen LogP contribution in [0.4, 0.5) is 5.95 Å². The molecular formula is C17H22N6. The summed E-state index contributed by atoms with van der Waals surface area (Å²) >= 11 is 0. The van der Waals surface area contributed by atoms with Crippen molar-refractivity contribution >= 4 is 11.9 Å². The van der Waals surface area contributed by atoms with Crippen molar-refractivity contribution in [1.29, 1.82) is 0 Å². The minimum atomic E-state index is 0.787. The zero-order chi connectivity index (χ0) is 15.9. The van der Waals surface area contributed by atoms with Gasteiger partial charge in [0, 0.05) is 52.2 Å². The highest BCUT2D eigenvalue weighted by Gasteiger charge is 2.20. The quantitative estimate of drug-likeness (QED) is 0.685. The Labute approximate surface area is 136 Å². The number of benzene rings is 1. The van der Waals surface area contributed by atoms with Crippen molar-refractivity contribution in [3.05, 3.63) is 54.4 Å². The molecule has 6 nitrogen and oxygen atoms in total. The molecule has 0 saturated carbocycles. The average Bonchev–Trinajstić information content (AvgIpc) is 2.64. The van der Waals surface area contributed by atoms with Crippen molar-refractivity contribution in [2.75, 3.05) is 38.1 Å². The summed E-state index contributed by atoms with van der Waals surface area (Å²) in [7, 11) is 1.83. The summed E-state index contributed by atoms with van der Waals surface area (Å²) in [6, 6.07) is 12.2. The van der Waals surface area contributed by atoms with E-state index in [2.05, 4.69) is 54.3 Å². The molecule has 3 rings (SSSR count). The highest BCUT2D eigenvalue weighted by Crippen LogP contribution is 2.10.